The van der Waals surface area contributed by atoms with Gasteiger partial charge in [-0.2, -0.15) is 0 Å². The van der Waals surface area contributed by atoms with Gasteiger partial charge in [0.15, 0.2) is 6.10 Å². The predicted molar refractivity (Wildman–Crippen MR) is 108 cm³/mol. The number of rotatable bonds is 8. The smallest absolute Gasteiger partial charge is 0.308 e. The highest BCUT2D eigenvalue weighted by atomic mass is 16.5. The predicted octanol–water partition coefficient (Wildman–Crippen LogP) is 2.25. The third kappa shape index (κ3) is 5.13. The molecule has 0 saturated carbocycles. The fraction of sp³-hybridized carbons (Fsp3) is 0.318. The molecule has 2 aromatic carbocycles. The normalized spacial score (nSPS) is 16.5. The van der Waals surface area contributed by atoms with E-state index in [9.17, 15) is 19.5 Å². The van der Waals surface area contributed by atoms with Crippen molar-refractivity contribution in [3.63, 3.8) is 0 Å². The molecule has 3 rings (SSSR count). The second-order valence-corrected chi connectivity index (χ2v) is 7.00. The molecule has 0 aliphatic carbocycles. The van der Waals surface area contributed by atoms with Crippen LogP contribution in [0.25, 0.3) is 0 Å². The molecule has 1 heterocycles. The Labute approximate surface area is 169 Å². The summed E-state index contributed by atoms with van der Waals surface area (Å²) in [6.07, 6.45) is -0.205. The summed E-state index contributed by atoms with van der Waals surface area (Å²) in [6, 6.07) is 16.5. The maximum absolute atomic E-state index is 12.5. The number of carbonyl (C=O) groups is 3. The van der Waals surface area contributed by atoms with E-state index in [4.69, 9.17) is 4.74 Å². The number of hydrogen-bond donors (Lipinski definition) is 2. The molecule has 2 amide bonds. The van der Waals surface area contributed by atoms with Crippen molar-refractivity contribution in [3.8, 4) is 5.75 Å². The zero-order valence-corrected chi connectivity index (χ0v) is 16.2. The molecule has 7 nitrogen and oxygen atoms in total. The van der Waals surface area contributed by atoms with Gasteiger partial charge in [-0.3, -0.25) is 14.4 Å². The van der Waals surface area contributed by atoms with Crippen LogP contribution in [0.4, 0.5) is 5.69 Å². The molecule has 2 N–H and O–H groups in total. The molecular formula is C22H24N2O5. The van der Waals surface area contributed by atoms with E-state index < -0.39 is 18.0 Å². The highest BCUT2D eigenvalue weighted by Crippen LogP contribution is 2.33. The number of para-hydroxylation sites is 2. The molecular weight excluding hydrogens is 372 g/mol. The first kappa shape index (κ1) is 20.4. The minimum atomic E-state index is -0.958. The quantitative estimate of drug-likeness (QED) is 0.714. The first-order chi connectivity index (χ1) is 14.0. The summed E-state index contributed by atoms with van der Waals surface area (Å²) in [5.41, 5.74) is 1.54. The molecule has 0 aromatic heterocycles. The Morgan fingerprint density at radius 2 is 1.83 bits per heavy atom. The van der Waals surface area contributed by atoms with E-state index in [1.54, 1.807) is 30.0 Å². The molecule has 0 spiro atoms. The molecule has 7 heteroatoms. The van der Waals surface area contributed by atoms with E-state index in [0.717, 1.165) is 5.56 Å². The molecule has 0 radical (unpaired) electrons. The van der Waals surface area contributed by atoms with Crippen LogP contribution in [0.2, 0.25) is 0 Å². The molecule has 0 fully saturated rings. The number of aliphatic carboxylic acids is 1. The van der Waals surface area contributed by atoms with Crippen LogP contribution in [-0.2, 0) is 20.8 Å². The fourth-order valence-corrected chi connectivity index (χ4v) is 3.27. The molecule has 152 valence electrons. The van der Waals surface area contributed by atoms with Crippen molar-refractivity contribution in [2.24, 2.45) is 5.92 Å². The van der Waals surface area contributed by atoms with Crippen LogP contribution in [0.5, 0.6) is 5.75 Å². The maximum Gasteiger partial charge on any atom is 0.308 e. The van der Waals surface area contributed by atoms with Crippen molar-refractivity contribution >= 4 is 23.5 Å². The highest BCUT2D eigenvalue weighted by molar-refractivity contribution is 6.00. The number of nitrogens with zero attached hydrogens (tertiary/aromatic N) is 1. The number of carbonyl (C=O) groups excluding carboxylic acids is 2. The molecule has 0 unspecified atom stereocenters. The zero-order chi connectivity index (χ0) is 20.8. The van der Waals surface area contributed by atoms with Gasteiger partial charge in [-0.05, 0) is 31.0 Å². The lowest BCUT2D eigenvalue weighted by Crippen LogP contribution is -2.46. The van der Waals surface area contributed by atoms with Gasteiger partial charge in [0.25, 0.3) is 5.91 Å². The van der Waals surface area contributed by atoms with Crippen molar-refractivity contribution in [1.29, 1.82) is 0 Å². The first-order valence-corrected chi connectivity index (χ1v) is 9.56. The van der Waals surface area contributed by atoms with Gasteiger partial charge in [0.1, 0.15) is 5.75 Å². The van der Waals surface area contributed by atoms with Crippen LogP contribution in [0.15, 0.2) is 54.6 Å². The third-order valence-electron chi connectivity index (χ3n) is 4.86. The van der Waals surface area contributed by atoms with Crippen molar-refractivity contribution in [1.82, 2.24) is 5.32 Å². The van der Waals surface area contributed by atoms with Crippen LogP contribution in [0, 0.1) is 5.92 Å². The highest BCUT2D eigenvalue weighted by Gasteiger charge is 2.31. The topological polar surface area (TPSA) is 95.9 Å². The van der Waals surface area contributed by atoms with E-state index in [-0.39, 0.29) is 31.3 Å². The number of anilines is 1. The van der Waals surface area contributed by atoms with Crippen LogP contribution in [0.3, 0.4) is 0 Å². The number of nitrogens with one attached hydrogen (secondary N) is 1. The lowest BCUT2D eigenvalue weighted by Gasteiger charge is -2.32. The van der Waals surface area contributed by atoms with Crippen LogP contribution >= 0.6 is 0 Å². The average molecular weight is 396 g/mol. The molecule has 29 heavy (non-hydrogen) atoms. The van der Waals surface area contributed by atoms with Gasteiger partial charge in [0.05, 0.1) is 11.6 Å². The molecule has 2 atom stereocenters. The Morgan fingerprint density at radius 3 is 2.55 bits per heavy atom. The lowest BCUT2D eigenvalue weighted by atomic mass is 9.99. The molecule has 0 bridgehead atoms. The second kappa shape index (κ2) is 9.23. The molecule has 1 aliphatic rings. The Balaban J connectivity index is 1.55. The van der Waals surface area contributed by atoms with E-state index >= 15 is 0 Å². The number of carboxylic acids is 1. The number of hydrogen-bond acceptors (Lipinski definition) is 4. The summed E-state index contributed by atoms with van der Waals surface area (Å²) in [5, 5.41) is 12.1. The number of ether oxygens (including phenoxy) is 1. The Hall–Kier alpha value is -3.35. The van der Waals surface area contributed by atoms with Gasteiger partial charge in [-0.1, -0.05) is 42.5 Å². The summed E-state index contributed by atoms with van der Waals surface area (Å²) >= 11 is 0. The van der Waals surface area contributed by atoms with Gasteiger partial charge >= 0.3 is 5.97 Å². The largest absolute Gasteiger partial charge is 0.481 e. The minimum Gasteiger partial charge on any atom is -0.481 e. The summed E-state index contributed by atoms with van der Waals surface area (Å²) in [5.74, 6) is -1.57. The summed E-state index contributed by atoms with van der Waals surface area (Å²) < 4.78 is 5.59. The van der Waals surface area contributed by atoms with E-state index in [1.807, 2.05) is 36.4 Å². The molecule has 1 aliphatic heterocycles. The first-order valence-electron chi connectivity index (χ1n) is 9.56. The number of benzene rings is 2. The van der Waals surface area contributed by atoms with Gasteiger partial charge in [-0.15, -0.1) is 0 Å². The lowest BCUT2D eigenvalue weighted by molar-refractivity contribution is -0.141. The second-order valence-electron chi connectivity index (χ2n) is 7.00. The van der Waals surface area contributed by atoms with Gasteiger partial charge in [0.2, 0.25) is 5.91 Å². The fourth-order valence-electron chi connectivity index (χ4n) is 3.27. The minimum absolute atomic E-state index is 0.0348. The third-order valence-corrected chi connectivity index (χ3v) is 4.86. The number of carboxylic acid groups (broad SMARTS) is 1. The van der Waals surface area contributed by atoms with Gasteiger partial charge in [-0.25, -0.2) is 0 Å². The monoisotopic (exact) mass is 396 g/mol. The summed E-state index contributed by atoms with van der Waals surface area (Å²) in [4.78, 5) is 37.8. The van der Waals surface area contributed by atoms with Crippen LogP contribution in [0.1, 0.15) is 18.9 Å². The number of amides is 2. The SMILES string of the molecule is C[C@@H]1Oc2ccccc2N(CCC(=O)NC[C@H](Cc2ccccc2)C(=O)O)C1=O. The van der Waals surface area contributed by atoms with Crippen molar-refractivity contribution in [2.75, 3.05) is 18.0 Å². The van der Waals surface area contributed by atoms with Crippen molar-refractivity contribution in [3.05, 3.63) is 60.2 Å². The standard InChI is InChI=1S/C22H24N2O5/c1-15-21(26)24(18-9-5-6-10-19(18)29-15)12-11-20(25)23-14-17(22(27)28)13-16-7-3-2-4-8-16/h2-10,15,17H,11-14H2,1H3,(H,23,25)(H,27,28)/t15-,17-/m0/s1. The van der Waals surface area contributed by atoms with Crippen LogP contribution < -0.4 is 15.0 Å². The summed E-state index contributed by atoms with van der Waals surface area (Å²) in [7, 11) is 0. The maximum atomic E-state index is 12.5. The average Bonchev–Trinajstić information content (AvgIpc) is 2.72. The van der Waals surface area contributed by atoms with Gasteiger partial charge in [0, 0.05) is 19.5 Å². The Kier molecular flexibility index (Phi) is 6.49. The van der Waals surface area contributed by atoms with Gasteiger partial charge < -0.3 is 20.1 Å². The molecule has 0 saturated heterocycles. The van der Waals surface area contributed by atoms with E-state index in [0.29, 0.717) is 17.9 Å². The van der Waals surface area contributed by atoms with Crippen LogP contribution in [-0.4, -0.2) is 42.1 Å². The molecule has 2 aromatic rings. The van der Waals surface area contributed by atoms with E-state index in [2.05, 4.69) is 5.32 Å². The zero-order valence-electron chi connectivity index (χ0n) is 16.2. The number of fused-ring (bicyclic) bond motifs is 1. The van der Waals surface area contributed by atoms with E-state index in [1.165, 1.54) is 0 Å². The van der Waals surface area contributed by atoms with Crippen molar-refractivity contribution < 1.29 is 24.2 Å². The van der Waals surface area contributed by atoms with Crippen molar-refractivity contribution in [2.45, 2.75) is 25.9 Å². The Morgan fingerprint density at radius 1 is 1.14 bits per heavy atom. The summed E-state index contributed by atoms with van der Waals surface area (Å²) in [6.45, 7) is 1.91. The Bertz CT molecular complexity index is 884.